The molecule has 0 heterocycles. The number of nitrogens with one attached hydrogen (secondary N) is 2. The molecule has 1 fully saturated rings. The average Bonchev–Trinajstić information content (AvgIpc) is 3.23. The second-order valence-corrected chi connectivity index (χ2v) is 8.35. The molecule has 1 atom stereocenters. The van der Waals surface area contributed by atoms with Crippen LogP contribution in [0.1, 0.15) is 43.7 Å². The number of ether oxygens (including phenoxy) is 3. The van der Waals surface area contributed by atoms with Crippen molar-refractivity contribution in [1.29, 1.82) is 0 Å². The Morgan fingerprint density at radius 2 is 1.80 bits per heavy atom. The lowest BCUT2D eigenvalue weighted by atomic mass is 9.83. The third-order valence-corrected chi connectivity index (χ3v) is 6.23. The lowest BCUT2D eigenvalue weighted by Gasteiger charge is -2.31. The number of aliphatic imine (C=N–C) groups is 1. The van der Waals surface area contributed by atoms with Gasteiger partial charge in [-0.2, -0.15) is 0 Å². The zero-order valence-electron chi connectivity index (χ0n) is 19.6. The number of methoxy groups -OCH3 is 3. The largest absolute Gasteiger partial charge is 0.493 e. The summed E-state index contributed by atoms with van der Waals surface area (Å²) in [5, 5.41) is 7.07. The maximum atomic E-state index is 5.48. The van der Waals surface area contributed by atoms with Gasteiger partial charge in [-0.25, -0.2) is 0 Å². The molecule has 0 amide bonds. The van der Waals surface area contributed by atoms with Gasteiger partial charge in [-0.05, 0) is 56.5 Å². The van der Waals surface area contributed by atoms with Crippen molar-refractivity contribution in [3.05, 3.63) is 23.8 Å². The monoisotopic (exact) mass is 420 g/mol. The third kappa shape index (κ3) is 6.51. The normalized spacial score (nSPS) is 17.1. The van der Waals surface area contributed by atoms with E-state index in [1.165, 1.54) is 25.7 Å². The first-order chi connectivity index (χ1) is 14.5. The molecule has 0 aliphatic heterocycles. The van der Waals surface area contributed by atoms with Gasteiger partial charge in [-0.3, -0.25) is 4.99 Å². The molecule has 30 heavy (non-hydrogen) atoms. The SMILES string of the molecule is CN=C(NCC(c1ccc(OC)c(OC)c1)N(C)C)NCC1(CCOC)CCCC1. The second kappa shape index (κ2) is 12.0. The van der Waals surface area contributed by atoms with Crippen molar-refractivity contribution >= 4 is 5.96 Å². The van der Waals surface area contributed by atoms with Crippen LogP contribution in [0.15, 0.2) is 23.2 Å². The molecule has 7 heteroatoms. The van der Waals surface area contributed by atoms with E-state index in [9.17, 15) is 0 Å². The Morgan fingerprint density at radius 1 is 1.10 bits per heavy atom. The van der Waals surface area contributed by atoms with Gasteiger partial charge in [-0.15, -0.1) is 0 Å². The van der Waals surface area contributed by atoms with Crippen molar-refractivity contribution in [3.63, 3.8) is 0 Å². The number of guanidine groups is 1. The molecular formula is C23H40N4O3. The van der Waals surface area contributed by atoms with Crippen molar-refractivity contribution < 1.29 is 14.2 Å². The molecule has 1 unspecified atom stereocenters. The highest BCUT2D eigenvalue weighted by Crippen LogP contribution is 2.40. The smallest absolute Gasteiger partial charge is 0.191 e. The van der Waals surface area contributed by atoms with Crippen LogP contribution in [0.25, 0.3) is 0 Å². The number of hydrogen-bond donors (Lipinski definition) is 2. The van der Waals surface area contributed by atoms with Crippen LogP contribution in [0.5, 0.6) is 11.5 Å². The van der Waals surface area contributed by atoms with E-state index in [4.69, 9.17) is 14.2 Å². The number of rotatable bonds is 11. The summed E-state index contributed by atoms with van der Waals surface area (Å²) < 4.78 is 16.2. The molecule has 1 aliphatic rings. The van der Waals surface area contributed by atoms with Crippen molar-refractivity contribution in [2.75, 3.05) is 62.2 Å². The molecule has 0 saturated heterocycles. The molecule has 0 spiro atoms. The van der Waals surface area contributed by atoms with Crippen LogP contribution in [-0.4, -0.2) is 73.0 Å². The third-order valence-electron chi connectivity index (χ3n) is 6.23. The minimum Gasteiger partial charge on any atom is -0.493 e. The predicted molar refractivity (Wildman–Crippen MR) is 123 cm³/mol. The Kier molecular flexibility index (Phi) is 9.72. The zero-order chi connectivity index (χ0) is 22.0. The van der Waals surface area contributed by atoms with Crippen LogP contribution in [0.3, 0.4) is 0 Å². The van der Waals surface area contributed by atoms with Crippen molar-refractivity contribution in [2.45, 2.75) is 38.1 Å². The van der Waals surface area contributed by atoms with E-state index in [1.807, 2.05) is 19.2 Å². The Balaban J connectivity index is 2.00. The zero-order valence-corrected chi connectivity index (χ0v) is 19.6. The van der Waals surface area contributed by atoms with Gasteiger partial charge in [0, 0.05) is 33.9 Å². The highest BCUT2D eigenvalue weighted by molar-refractivity contribution is 5.79. The van der Waals surface area contributed by atoms with E-state index in [-0.39, 0.29) is 6.04 Å². The summed E-state index contributed by atoms with van der Waals surface area (Å²) in [4.78, 5) is 6.64. The summed E-state index contributed by atoms with van der Waals surface area (Å²) in [5.41, 5.74) is 1.48. The van der Waals surface area contributed by atoms with Gasteiger partial charge in [0.25, 0.3) is 0 Å². The van der Waals surface area contributed by atoms with Gasteiger partial charge in [-0.1, -0.05) is 18.9 Å². The number of likely N-dealkylation sites (N-methyl/N-ethyl adjacent to an activating group) is 1. The van der Waals surface area contributed by atoms with Crippen molar-refractivity contribution in [1.82, 2.24) is 15.5 Å². The van der Waals surface area contributed by atoms with Gasteiger partial charge in [0.1, 0.15) is 0 Å². The first-order valence-corrected chi connectivity index (χ1v) is 10.8. The van der Waals surface area contributed by atoms with Crippen molar-refractivity contribution in [2.24, 2.45) is 10.4 Å². The molecule has 170 valence electrons. The molecule has 2 rings (SSSR count). The topological polar surface area (TPSA) is 67.4 Å². The highest BCUT2D eigenvalue weighted by Gasteiger charge is 2.33. The van der Waals surface area contributed by atoms with Gasteiger partial charge in [0.2, 0.25) is 0 Å². The molecule has 2 N–H and O–H groups in total. The summed E-state index contributed by atoms with van der Waals surface area (Å²) >= 11 is 0. The fourth-order valence-corrected chi connectivity index (χ4v) is 4.30. The summed E-state index contributed by atoms with van der Waals surface area (Å²) in [6.45, 7) is 2.47. The van der Waals surface area contributed by atoms with E-state index < -0.39 is 0 Å². The Hall–Kier alpha value is -1.99. The standard InChI is InChI=1S/C23H40N4O3/c1-24-22(26-17-23(13-14-28-4)11-7-8-12-23)25-16-19(27(2)3)18-9-10-20(29-5)21(15-18)30-6/h9-10,15,19H,7-8,11-14,16-17H2,1-6H3,(H2,24,25,26). The summed E-state index contributed by atoms with van der Waals surface area (Å²) in [5.74, 6) is 2.32. The average molecular weight is 421 g/mol. The lowest BCUT2D eigenvalue weighted by Crippen LogP contribution is -2.45. The Labute approximate surface area is 182 Å². The molecule has 1 aromatic rings. The van der Waals surface area contributed by atoms with Crippen LogP contribution < -0.4 is 20.1 Å². The molecular weight excluding hydrogens is 380 g/mol. The quantitative estimate of drug-likeness (QED) is 0.424. The van der Waals surface area contributed by atoms with E-state index in [0.29, 0.717) is 5.41 Å². The molecule has 0 bridgehead atoms. The van der Waals surface area contributed by atoms with Gasteiger partial charge in [0.15, 0.2) is 17.5 Å². The number of hydrogen-bond acceptors (Lipinski definition) is 5. The minimum atomic E-state index is 0.164. The fourth-order valence-electron chi connectivity index (χ4n) is 4.30. The Morgan fingerprint density at radius 3 is 2.37 bits per heavy atom. The summed E-state index contributed by atoms with van der Waals surface area (Å²) in [6, 6.07) is 6.25. The van der Waals surface area contributed by atoms with Gasteiger partial charge in [0.05, 0.1) is 20.3 Å². The van der Waals surface area contributed by atoms with Crippen LogP contribution in [0.4, 0.5) is 0 Å². The van der Waals surface area contributed by atoms with Crippen LogP contribution in [0, 0.1) is 5.41 Å². The van der Waals surface area contributed by atoms with Crippen LogP contribution >= 0.6 is 0 Å². The van der Waals surface area contributed by atoms with E-state index in [0.717, 1.165) is 49.1 Å². The first kappa shape index (κ1) is 24.3. The number of benzene rings is 1. The van der Waals surface area contributed by atoms with E-state index in [2.05, 4.69) is 40.7 Å². The second-order valence-electron chi connectivity index (χ2n) is 8.35. The maximum Gasteiger partial charge on any atom is 0.191 e. The molecule has 1 saturated carbocycles. The van der Waals surface area contributed by atoms with Crippen molar-refractivity contribution in [3.8, 4) is 11.5 Å². The summed E-state index contributed by atoms with van der Waals surface area (Å²) in [7, 11) is 11.1. The Bertz CT molecular complexity index is 672. The minimum absolute atomic E-state index is 0.164. The molecule has 7 nitrogen and oxygen atoms in total. The maximum absolute atomic E-state index is 5.48. The highest BCUT2D eigenvalue weighted by atomic mass is 16.5. The predicted octanol–water partition coefficient (Wildman–Crippen LogP) is 3.07. The lowest BCUT2D eigenvalue weighted by molar-refractivity contribution is 0.138. The first-order valence-electron chi connectivity index (χ1n) is 10.8. The van der Waals surface area contributed by atoms with Gasteiger partial charge < -0.3 is 29.7 Å². The van der Waals surface area contributed by atoms with E-state index in [1.54, 1.807) is 21.3 Å². The fraction of sp³-hybridized carbons (Fsp3) is 0.696. The summed E-state index contributed by atoms with van der Waals surface area (Å²) in [6.07, 6.45) is 6.22. The van der Waals surface area contributed by atoms with Gasteiger partial charge >= 0.3 is 0 Å². The molecule has 0 aromatic heterocycles. The van der Waals surface area contributed by atoms with E-state index >= 15 is 0 Å². The molecule has 1 aliphatic carbocycles. The molecule has 1 aromatic carbocycles. The van der Waals surface area contributed by atoms with Crippen LogP contribution in [-0.2, 0) is 4.74 Å². The number of nitrogens with zero attached hydrogens (tertiary/aromatic N) is 2. The molecule has 0 radical (unpaired) electrons. The van der Waals surface area contributed by atoms with Crippen LogP contribution in [0.2, 0.25) is 0 Å².